The summed E-state index contributed by atoms with van der Waals surface area (Å²) in [6, 6.07) is 0.506. The molecule has 26 heavy (non-hydrogen) atoms. The third-order valence-electron chi connectivity index (χ3n) is 5.98. The van der Waals surface area contributed by atoms with Gasteiger partial charge in [-0.25, -0.2) is 15.0 Å². The van der Waals surface area contributed by atoms with Gasteiger partial charge in [-0.15, -0.1) is 0 Å². The summed E-state index contributed by atoms with van der Waals surface area (Å²) in [6.45, 7) is 5.96. The molecule has 0 bridgehead atoms. The molecule has 3 fully saturated rings. The van der Waals surface area contributed by atoms with Crippen molar-refractivity contribution in [2.45, 2.75) is 69.6 Å². The molecule has 8 heteroatoms. The standard InChI is InChI=1S/C18H25N5O3/c1-17(2)25-14-12(6-10(7-24)18(14,3)26-17)23-9-21-13-15(22-11-4-5-11)19-8-20-16(13)23/h8-12,14,24H,4-7H2,1-3H3,(H,19,20,22)/t10-,12-,14?,18?/m1/s1. The highest BCUT2D eigenvalue weighted by Crippen LogP contribution is 2.54. The van der Waals surface area contributed by atoms with Gasteiger partial charge >= 0.3 is 0 Å². The highest BCUT2D eigenvalue weighted by Gasteiger charge is 2.62. The molecular formula is C18H25N5O3. The molecule has 2 unspecified atom stereocenters. The molecule has 0 amide bonds. The van der Waals surface area contributed by atoms with Crippen LogP contribution in [0.4, 0.5) is 5.82 Å². The molecule has 2 aromatic rings. The number of nitrogens with zero attached hydrogens (tertiary/aromatic N) is 4. The zero-order valence-electron chi connectivity index (χ0n) is 15.3. The summed E-state index contributed by atoms with van der Waals surface area (Å²) < 4.78 is 14.6. The number of hydrogen-bond donors (Lipinski definition) is 2. The summed E-state index contributed by atoms with van der Waals surface area (Å²) in [5.41, 5.74) is 1.05. The Labute approximate surface area is 151 Å². The van der Waals surface area contributed by atoms with Crippen molar-refractivity contribution in [3.8, 4) is 0 Å². The van der Waals surface area contributed by atoms with E-state index in [0.29, 0.717) is 6.04 Å². The molecular weight excluding hydrogens is 334 g/mol. The number of rotatable bonds is 4. The lowest BCUT2D eigenvalue weighted by molar-refractivity contribution is -0.178. The van der Waals surface area contributed by atoms with E-state index in [4.69, 9.17) is 9.47 Å². The van der Waals surface area contributed by atoms with Crippen molar-refractivity contribution in [3.63, 3.8) is 0 Å². The molecule has 0 spiro atoms. The highest BCUT2D eigenvalue weighted by atomic mass is 16.8. The van der Waals surface area contributed by atoms with E-state index in [1.165, 1.54) is 12.8 Å². The van der Waals surface area contributed by atoms with Crippen molar-refractivity contribution in [3.05, 3.63) is 12.7 Å². The number of aromatic nitrogens is 4. The topological polar surface area (TPSA) is 94.3 Å². The third kappa shape index (κ3) is 2.35. The summed E-state index contributed by atoms with van der Waals surface area (Å²) in [6.07, 6.45) is 6.34. The lowest BCUT2D eigenvalue weighted by Gasteiger charge is -2.29. The number of anilines is 1. The molecule has 3 aliphatic rings. The molecule has 2 N–H and O–H groups in total. The van der Waals surface area contributed by atoms with Crippen LogP contribution in [0.3, 0.4) is 0 Å². The second-order valence-electron chi connectivity index (χ2n) is 8.37. The average molecular weight is 359 g/mol. The SMILES string of the molecule is CC1(C)OC2[C@H](n3cnc4c(NC5CC5)ncnc43)C[C@H](CO)C2(C)O1. The Kier molecular flexibility index (Phi) is 3.39. The van der Waals surface area contributed by atoms with Gasteiger partial charge in [-0.3, -0.25) is 0 Å². The minimum Gasteiger partial charge on any atom is -0.396 e. The first-order valence-corrected chi connectivity index (χ1v) is 9.34. The van der Waals surface area contributed by atoms with Crippen LogP contribution in [-0.4, -0.2) is 54.8 Å². The van der Waals surface area contributed by atoms with Crippen LogP contribution in [-0.2, 0) is 9.47 Å². The first-order chi connectivity index (χ1) is 12.4. The van der Waals surface area contributed by atoms with E-state index in [2.05, 4.69) is 24.8 Å². The van der Waals surface area contributed by atoms with E-state index in [-0.39, 0.29) is 24.7 Å². The Morgan fingerprint density at radius 2 is 2.08 bits per heavy atom. The van der Waals surface area contributed by atoms with Gasteiger partial charge < -0.3 is 24.5 Å². The third-order valence-corrected chi connectivity index (χ3v) is 5.98. The highest BCUT2D eigenvalue weighted by molar-refractivity contribution is 5.83. The molecule has 8 nitrogen and oxygen atoms in total. The van der Waals surface area contributed by atoms with Crippen molar-refractivity contribution in [2.75, 3.05) is 11.9 Å². The quantitative estimate of drug-likeness (QED) is 0.860. The Morgan fingerprint density at radius 3 is 2.81 bits per heavy atom. The maximum Gasteiger partial charge on any atom is 0.165 e. The molecule has 0 aromatic carbocycles. The molecule has 2 aliphatic carbocycles. The van der Waals surface area contributed by atoms with E-state index in [0.717, 1.165) is 23.4 Å². The predicted molar refractivity (Wildman–Crippen MR) is 94.6 cm³/mol. The number of aliphatic hydroxyl groups excluding tert-OH is 1. The summed E-state index contributed by atoms with van der Waals surface area (Å²) in [7, 11) is 0. The molecule has 2 aromatic heterocycles. The van der Waals surface area contributed by atoms with Crippen LogP contribution in [0.15, 0.2) is 12.7 Å². The van der Waals surface area contributed by atoms with Gasteiger partial charge in [0.05, 0.1) is 12.4 Å². The van der Waals surface area contributed by atoms with Crippen molar-refractivity contribution in [2.24, 2.45) is 5.92 Å². The summed E-state index contributed by atoms with van der Waals surface area (Å²) in [5, 5.41) is 13.4. The second-order valence-corrected chi connectivity index (χ2v) is 8.37. The lowest BCUT2D eigenvalue weighted by atomic mass is 9.92. The fourth-order valence-electron chi connectivity index (χ4n) is 4.60. The van der Waals surface area contributed by atoms with Crippen LogP contribution in [0.5, 0.6) is 0 Å². The summed E-state index contributed by atoms with van der Waals surface area (Å²) in [4.78, 5) is 13.4. The van der Waals surface area contributed by atoms with Gasteiger partial charge in [-0.05, 0) is 40.0 Å². The van der Waals surface area contributed by atoms with Crippen LogP contribution < -0.4 is 5.32 Å². The summed E-state index contributed by atoms with van der Waals surface area (Å²) >= 11 is 0. The minimum atomic E-state index is -0.671. The fraction of sp³-hybridized carbons (Fsp3) is 0.722. The second kappa shape index (κ2) is 5.37. The van der Waals surface area contributed by atoms with Gasteiger partial charge in [0.2, 0.25) is 0 Å². The molecule has 5 rings (SSSR count). The zero-order chi connectivity index (χ0) is 18.1. The van der Waals surface area contributed by atoms with Crippen LogP contribution >= 0.6 is 0 Å². The normalized spacial score (nSPS) is 35.8. The van der Waals surface area contributed by atoms with Crippen molar-refractivity contribution in [1.82, 2.24) is 19.5 Å². The maximum absolute atomic E-state index is 9.93. The Hall–Kier alpha value is -1.77. The van der Waals surface area contributed by atoms with Gasteiger partial charge in [0.1, 0.15) is 23.5 Å². The van der Waals surface area contributed by atoms with Gasteiger partial charge in [0.15, 0.2) is 17.3 Å². The van der Waals surface area contributed by atoms with Crippen molar-refractivity contribution in [1.29, 1.82) is 0 Å². The van der Waals surface area contributed by atoms with Crippen LogP contribution in [0.25, 0.3) is 11.2 Å². The van der Waals surface area contributed by atoms with Crippen LogP contribution in [0.1, 0.15) is 46.1 Å². The smallest absolute Gasteiger partial charge is 0.165 e. The number of aliphatic hydroxyl groups is 1. The van der Waals surface area contributed by atoms with E-state index >= 15 is 0 Å². The molecule has 140 valence electrons. The number of nitrogens with one attached hydrogen (secondary N) is 1. The van der Waals surface area contributed by atoms with Crippen LogP contribution in [0, 0.1) is 5.92 Å². The molecule has 3 heterocycles. The Balaban J connectivity index is 1.55. The van der Waals surface area contributed by atoms with Crippen molar-refractivity contribution >= 4 is 17.0 Å². The number of fused-ring (bicyclic) bond motifs is 2. The van der Waals surface area contributed by atoms with E-state index in [1.54, 1.807) is 6.33 Å². The van der Waals surface area contributed by atoms with Crippen LogP contribution in [0.2, 0.25) is 0 Å². The molecule has 2 saturated carbocycles. The first kappa shape index (κ1) is 16.4. The maximum atomic E-state index is 9.93. The Morgan fingerprint density at radius 1 is 1.27 bits per heavy atom. The fourth-order valence-corrected chi connectivity index (χ4v) is 4.60. The molecule has 1 saturated heterocycles. The monoisotopic (exact) mass is 359 g/mol. The van der Waals surface area contributed by atoms with Gasteiger partial charge in [0, 0.05) is 18.6 Å². The molecule has 0 radical (unpaired) electrons. The number of ether oxygens (including phenoxy) is 2. The van der Waals surface area contributed by atoms with Crippen molar-refractivity contribution < 1.29 is 14.6 Å². The average Bonchev–Trinajstić information content (AvgIpc) is 3.14. The van der Waals surface area contributed by atoms with E-state index in [9.17, 15) is 5.11 Å². The van der Waals surface area contributed by atoms with Gasteiger partial charge in [-0.2, -0.15) is 0 Å². The number of imidazole rings is 1. The summed E-state index contributed by atoms with van der Waals surface area (Å²) in [5.74, 6) is 0.123. The minimum absolute atomic E-state index is 0.00243. The van der Waals surface area contributed by atoms with Gasteiger partial charge in [0.25, 0.3) is 0 Å². The predicted octanol–water partition coefficient (Wildman–Crippen LogP) is 1.86. The number of hydrogen-bond acceptors (Lipinski definition) is 7. The van der Waals surface area contributed by atoms with Gasteiger partial charge in [-0.1, -0.05) is 0 Å². The van der Waals surface area contributed by atoms with E-state index in [1.807, 2.05) is 27.1 Å². The molecule has 1 aliphatic heterocycles. The lowest BCUT2D eigenvalue weighted by Crippen LogP contribution is -2.41. The molecule has 4 atom stereocenters. The zero-order valence-corrected chi connectivity index (χ0v) is 15.3. The Bertz CT molecular complexity index is 848. The first-order valence-electron chi connectivity index (χ1n) is 9.34. The van der Waals surface area contributed by atoms with E-state index < -0.39 is 11.4 Å². The largest absolute Gasteiger partial charge is 0.396 e.